The van der Waals surface area contributed by atoms with E-state index in [0.29, 0.717) is 17.7 Å². The molecule has 2 bridgehead atoms. The molecule has 2 aliphatic rings. The fourth-order valence-corrected chi connectivity index (χ4v) is 3.72. The Hall–Kier alpha value is -2.63. The predicted octanol–water partition coefficient (Wildman–Crippen LogP) is 3.29. The molecule has 1 aromatic carbocycles. The number of carbonyl (C=O) groups excluding carboxylic acids is 1. The van der Waals surface area contributed by atoms with Crippen LogP contribution >= 0.6 is 0 Å². The summed E-state index contributed by atoms with van der Waals surface area (Å²) in [5.41, 5.74) is 0.381. The number of hydrogen-bond acceptors (Lipinski definition) is 5. The number of ether oxygens (including phenoxy) is 1. The van der Waals surface area contributed by atoms with Gasteiger partial charge < -0.3 is 9.15 Å². The standard InChI is InChI=1S/C18H19N3O3/c1-18(10-11-3-6-13(18)9-11)16(22)19-17-21-20-15(24-17)12-4-7-14(23-2)8-5-12/h3-8,11,13H,9-10H2,1-2H3,(H,19,21,22)/t11-,13-,18-/m0/s1. The Morgan fingerprint density at radius 2 is 2.08 bits per heavy atom. The van der Waals surface area contributed by atoms with Gasteiger partial charge in [0.25, 0.3) is 0 Å². The molecule has 0 unspecified atom stereocenters. The minimum absolute atomic E-state index is 0.0516. The highest BCUT2D eigenvalue weighted by Gasteiger charge is 2.50. The zero-order valence-corrected chi connectivity index (χ0v) is 13.7. The zero-order valence-electron chi connectivity index (χ0n) is 13.7. The quantitative estimate of drug-likeness (QED) is 0.873. The van der Waals surface area contributed by atoms with Gasteiger partial charge in [-0.15, -0.1) is 5.10 Å². The van der Waals surface area contributed by atoms with Crippen molar-refractivity contribution < 1.29 is 13.9 Å². The van der Waals surface area contributed by atoms with Crippen LogP contribution in [0.4, 0.5) is 6.01 Å². The number of rotatable bonds is 4. The molecular weight excluding hydrogens is 306 g/mol. The lowest BCUT2D eigenvalue weighted by atomic mass is 9.77. The molecular formula is C18H19N3O3. The number of nitrogens with one attached hydrogen (secondary N) is 1. The van der Waals surface area contributed by atoms with Crippen LogP contribution < -0.4 is 10.1 Å². The van der Waals surface area contributed by atoms with Crippen molar-refractivity contribution in [2.45, 2.75) is 19.8 Å². The Bertz CT molecular complexity index is 796. The second-order valence-electron chi connectivity index (χ2n) is 6.70. The molecule has 0 aliphatic heterocycles. The van der Waals surface area contributed by atoms with Crippen LogP contribution in [-0.2, 0) is 4.79 Å². The van der Waals surface area contributed by atoms with Gasteiger partial charge >= 0.3 is 6.01 Å². The van der Waals surface area contributed by atoms with Crippen molar-refractivity contribution in [1.82, 2.24) is 10.2 Å². The molecule has 0 spiro atoms. The molecule has 1 heterocycles. The summed E-state index contributed by atoms with van der Waals surface area (Å²) in [6.45, 7) is 2.01. The maximum atomic E-state index is 12.7. The zero-order chi connectivity index (χ0) is 16.7. The maximum absolute atomic E-state index is 12.7. The van der Waals surface area contributed by atoms with Crippen LogP contribution in [0.3, 0.4) is 0 Å². The summed E-state index contributed by atoms with van der Waals surface area (Å²) in [6, 6.07) is 7.44. The Balaban J connectivity index is 1.49. The minimum atomic E-state index is -0.395. The van der Waals surface area contributed by atoms with E-state index in [9.17, 15) is 4.79 Å². The number of aromatic nitrogens is 2. The second-order valence-corrected chi connectivity index (χ2v) is 6.70. The van der Waals surface area contributed by atoms with Crippen molar-refractivity contribution >= 4 is 11.9 Å². The topological polar surface area (TPSA) is 77.3 Å². The summed E-state index contributed by atoms with van der Waals surface area (Å²) in [5, 5.41) is 10.7. The molecule has 0 radical (unpaired) electrons. The summed E-state index contributed by atoms with van der Waals surface area (Å²) < 4.78 is 10.7. The van der Waals surface area contributed by atoms with E-state index in [0.717, 1.165) is 24.2 Å². The lowest BCUT2D eigenvalue weighted by Crippen LogP contribution is -2.37. The summed E-state index contributed by atoms with van der Waals surface area (Å²) in [7, 11) is 1.61. The van der Waals surface area contributed by atoms with Crippen LogP contribution in [0.2, 0.25) is 0 Å². The van der Waals surface area contributed by atoms with Crippen molar-refractivity contribution in [3.63, 3.8) is 0 Å². The molecule has 6 heteroatoms. The molecule has 4 rings (SSSR count). The van der Waals surface area contributed by atoms with E-state index in [1.807, 2.05) is 31.2 Å². The first-order valence-corrected chi connectivity index (χ1v) is 8.06. The third kappa shape index (κ3) is 2.38. The van der Waals surface area contributed by atoms with E-state index in [-0.39, 0.29) is 11.9 Å². The van der Waals surface area contributed by atoms with Gasteiger partial charge in [-0.3, -0.25) is 10.1 Å². The number of nitrogens with zero attached hydrogens (tertiary/aromatic N) is 2. The summed E-state index contributed by atoms with van der Waals surface area (Å²) >= 11 is 0. The summed E-state index contributed by atoms with van der Waals surface area (Å²) in [5.74, 6) is 1.88. The predicted molar refractivity (Wildman–Crippen MR) is 88.4 cm³/mol. The highest BCUT2D eigenvalue weighted by Crippen LogP contribution is 2.52. The monoisotopic (exact) mass is 325 g/mol. The molecule has 3 atom stereocenters. The van der Waals surface area contributed by atoms with Crippen LogP contribution in [-0.4, -0.2) is 23.2 Å². The molecule has 1 N–H and O–H groups in total. The number of methoxy groups -OCH3 is 1. The Morgan fingerprint density at radius 1 is 1.29 bits per heavy atom. The number of hydrogen-bond donors (Lipinski definition) is 1. The first kappa shape index (κ1) is 14.9. The van der Waals surface area contributed by atoms with Crippen molar-refractivity contribution in [3.05, 3.63) is 36.4 Å². The fourth-order valence-electron chi connectivity index (χ4n) is 3.72. The van der Waals surface area contributed by atoms with Gasteiger partial charge in [0.1, 0.15) is 5.75 Å². The Morgan fingerprint density at radius 3 is 2.71 bits per heavy atom. The highest BCUT2D eigenvalue weighted by molar-refractivity contribution is 5.94. The lowest BCUT2D eigenvalue weighted by Gasteiger charge is -2.28. The maximum Gasteiger partial charge on any atom is 0.322 e. The normalized spacial score (nSPS) is 27.4. The first-order chi connectivity index (χ1) is 11.6. The van der Waals surface area contributed by atoms with Crippen molar-refractivity contribution in [1.29, 1.82) is 0 Å². The lowest BCUT2D eigenvalue weighted by molar-refractivity contribution is -0.126. The molecule has 0 saturated heterocycles. The van der Waals surface area contributed by atoms with Crippen LogP contribution in [0.25, 0.3) is 11.5 Å². The van der Waals surface area contributed by atoms with Gasteiger partial charge in [-0.05, 0) is 48.9 Å². The van der Waals surface area contributed by atoms with E-state index in [4.69, 9.17) is 9.15 Å². The van der Waals surface area contributed by atoms with Gasteiger partial charge in [0.05, 0.1) is 12.5 Å². The molecule has 1 aromatic heterocycles. The van der Waals surface area contributed by atoms with E-state index in [1.165, 1.54) is 0 Å². The Kier molecular flexibility index (Phi) is 3.40. The van der Waals surface area contributed by atoms with Gasteiger partial charge in [0.2, 0.25) is 11.8 Å². The average molecular weight is 325 g/mol. The molecule has 2 aliphatic carbocycles. The van der Waals surface area contributed by atoms with E-state index < -0.39 is 5.41 Å². The van der Waals surface area contributed by atoms with E-state index in [1.54, 1.807) is 7.11 Å². The fraction of sp³-hybridized carbons (Fsp3) is 0.389. The number of amides is 1. The largest absolute Gasteiger partial charge is 0.497 e. The molecule has 1 amide bonds. The highest BCUT2D eigenvalue weighted by atomic mass is 16.5. The van der Waals surface area contributed by atoms with Crippen molar-refractivity contribution in [2.75, 3.05) is 12.4 Å². The van der Waals surface area contributed by atoms with Crippen LogP contribution in [0, 0.1) is 17.3 Å². The minimum Gasteiger partial charge on any atom is -0.497 e. The van der Waals surface area contributed by atoms with Gasteiger partial charge in [-0.1, -0.05) is 24.2 Å². The third-order valence-corrected chi connectivity index (χ3v) is 5.18. The number of fused-ring (bicyclic) bond motifs is 2. The van der Waals surface area contributed by atoms with Crippen molar-refractivity contribution in [2.24, 2.45) is 17.3 Å². The second kappa shape index (κ2) is 5.47. The van der Waals surface area contributed by atoms with Crippen LogP contribution in [0.1, 0.15) is 19.8 Å². The van der Waals surface area contributed by atoms with Gasteiger partial charge in [0, 0.05) is 5.56 Å². The summed E-state index contributed by atoms with van der Waals surface area (Å²) in [4.78, 5) is 12.7. The Labute approximate surface area is 139 Å². The SMILES string of the molecule is COc1ccc(-c2nnc(NC(=O)[C@@]3(C)C[C@H]4C=C[C@H]3C4)o2)cc1. The summed E-state index contributed by atoms with van der Waals surface area (Å²) in [6.07, 6.45) is 6.31. The van der Waals surface area contributed by atoms with Crippen molar-refractivity contribution in [3.8, 4) is 17.2 Å². The van der Waals surface area contributed by atoms with E-state index in [2.05, 4.69) is 27.7 Å². The molecule has 24 heavy (non-hydrogen) atoms. The molecule has 124 valence electrons. The molecule has 1 fully saturated rings. The van der Waals surface area contributed by atoms with Crippen LogP contribution in [0.15, 0.2) is 40.8 Å². The number of anilines is 1. The van der Waals surface area contributed by atoms with Gasteiger partial charge in [0.15, 0.2) is 0 Å². The van der Waals surface area contributed by atoms with Gasteiger partial charge in [-0.25, -0.2) is 0 Å². The van der Waals surface area contributed by atoms with Gasteiger partial charge in [-0.2, -0.15) is 0 Å². The smallest absolute Gasteiger partial charge is 0.322 e. The molecule has 2 aromatic rings. The number of benzene rings is 1. The third-order valence-electron chi connectivity index (χ3n) is 5.18. The number of carbonyl (C=O) groups is 1. The first-order valence-electron chi connectivity index (χ1n) is 8.06. The van der Waals surface area contributed by atoms with Crippen LogP contribution in [0.5, 0.6) is 5.75 Å². The van der Waals surface area contributed by atoms with E-state index >= 15 is 0 Å². The molecule has 6 nitrogen and oxygen atoms in total. The molecule has 1 saturated carbocycles. The number of allylic oxidation sites excluding steroid dienone is 2. The average Bonchev–Trinajstić information content (AvgIpc) is 3.31.